The Morgan fingerprint density at radius 1 is 1.39 bits per heavy atom. The lowest BCUT2D eigenvalue weighted by molar-refractivity contribution is 0.112. The summed E-state index contributed by atoms with van der Waals surface area (Å²) in [5.41, 5.74) is 1.80. The zero-order chi connectivity index (χ0) is 12.5. The maximum Gasteiger partial charge on any atom is 0.150 e. The van der Waals surface area contributed by atoms with Crippen LogP contribution in [0.1, 0.15) is 20.2 Å². The summed E-state index contributed by atoms with van der Waals surface area (Å²) in [4.78, 5) is 16.3. The lowest BCUT2D eigenvalue weighted by Crippen LogP contribution is -1.95. The highest BCUT2D eigenvalue weighted by Crippen LogP contribution is 2.20. The Bertz CT molecular complexity index is 711. The molecule has 0 fully saturated rings. The number of hydrogen-bond acceptors (Lipinski definition) is 3. The van der Waals surface area contributed by atoms with Gasteiger partial charge in [0.1, 0.15) is 6.29 Å². The Labute approximate surface area is 109 Å². The van der Waals surface area contributed by atoms with Crippen LogP contribution in [-0.2, 0) is 6.54 Å². The number of aldehydes is 1. The third-order valence-corrected chi connectivity index (χ3v) is 3.83. The van der Waals surface area contributed by atoms with Gasteiger partial charge < -0.3 is 4.57 Å². The fraction of sp³-hybridized carbons (Fsp3) is 0.143. The first-order valence-electron chi connectivity index (χ1n) is 5.71. The summed E-state index contributed by atoms with van der Waals surface area (Å²) in [5, 5.41) is 2.23. The molecular formula is C14H12N2OS. The average molecular weight is 256 g/mol. The van der Waals surface area contributed by atoms with E-state index in [-0.39, 0.29) is 0 Å². The molecule has 0 N–H and O–H groups in total. The molecule has 2 heterocycles. The third-order valence-electron chi connectivity index (χ3n) is 2.93. The molecule has 0 aliphatic carbocycles. The molecule has 0 bridgehead atoms. The Balaban J connectivity index is 2.03. The highest BCUT2D eigenvalue weighted by Gasteiger charge is 2.04. The Morgan fingerprint density at radius 2 is 2.28 bits per heavy atom. The van der Waals surface area contributed by atoms with Crippen molar-refractivity contribution >= 4 is 28.5 Å². The summed E-state index contributed by atoms with van der Waals surface area (Å²) in [6.07, 6.45) is 4.84. The van der Waals surface area contributed by atoms with Crippen molar-refractivity contribution in [2.45, 2.75) is 13.5 Å². The van der Waals surface area contributed by atoms with E-state index in [1.807, 2.05) is 37.5 Å². The van der Waals surface area contributed by atoms with Crippen LogP contribution in [0.3, 0.4) is 0 Å². The van der Waals surface area contributed by atoms with Crippen molar-refractivity contribution in [3.05, 3.63) is 52.1 Å². The van der Waals surface area contributed by atoms with Crippen molar-refractivity contribution < 1.29 is 4.79 Å². The molecule has 18 heavy (non-hydrogen) atoms. The van der Waals surface area contributed by atoms with Gasteiger partial charge in [0, 0.05) is 28.4 Å². The molecule has 1 aromatic carbocycles. The minimum absolute atomic E-state index is 0.711. The summed E-state index contributed by atoms with van der Waals surface area (Å²) >= 11 is 1.70. The van der Waals surface area contributed by atoms with Gasteiger partial charge in [0.2, 0.25) is 0 Å². The first-order chi connectivity index (χ1) is 8.76. The Hall–Kier alpha value is -1.94. The molecule has 0 saturated carbocycles. The van der Waals surface area contributed by atoms with Crippen LogP contribution in [-0.4, -0.2) is 15.8 Å². The van der Waals surface area contributed by atoms with Crippen molar-refractivity contribution in [1.29, 1.82) is 0 Å². The predicted octanol–water partition coefficient (Wildman–Crippen LogP) is 3.27. The van der Waals surface area contributed by atoms with E-state index < -0.39 is 0 Å². The van der Waals surface area contributed by atoms with Gasteiger partial charge in [-0.05, 0) is 24.4 Å². The molecule has 3 rings (SSSR count). The van der Waals surface area contributed by atoms with E-state index in [1.54, 1.807) is 11.3 Å². The number of carbonyl (C=O) groups is 1. The van der Waals surface area contributed by atoms with Crippen LogP contribution in [0.25, 0.3) is 10.9 Å². The molecule has 0 radical (unpaired) electrons. The predicted molar refractivity (Wildman–Crippen MR) is 73.3 cm³/mol. The minimum atomic E-state index is 0.711. The van der Waals surface area contributed by atoms with E-state index in [2.05, 4.69) is 15.6 Å². The van der Waals surface area contributed by atoms with E-state index in [0.717, 1.165) is 28.7 Å². The molecule has 2 aromatic heterocycles. The highest BCUT2D eigenvalue weighted by atomic mass is 32.1. The molecule has 0 spiro atoms. The summed E-state index contributed by atoms with van der Waals surface area (Å²) in [6, 6.07) is 7.82. The number of benzene rings is 1. The molecule has 0 aliphatic heterocycles. The number of aryl methyl sites for hydroxylation is 1. The molecule has 0 saturated heterocycles. The van der Waals surface area contributed by atoms with Gasteiger partial charge >= 0.3 is 0 Å². The van der Waals surface area contributed by atoms with Crippen LogP contribution in [0.15, 0.2) is 36.7 Å². The van der Waals surface area contributed by atoms with Crippen molar-refractivity contribution in [3.63, 3.8) is 0 Å². The lowest BCUT2D eigenvalue weighted by Gasteiger charge is -2.03. The fourth-order valence-corrected chi connectivity index (χ4v) is 2.85. The number of nitrogens with zero attached hydrogens (tertiary/aromatic N) is 2. The molecule has 0 atom stereocenters. The second-order valence-electron chi connectivity index (χ2n) is 4.23. The van der Waals surface area contributed by atoms with Crippen LogP contribution < -0.4 is 0 Å². The first-order valence-corrected chi connectivity index (χ1v) is 6.53. The maximum absolute atomic E-state index is 10.8. The number of fused-ring (bicyclic) bond motifs is 1. The normalized spacial score (nSPS) is 10.9. The molecule has 0 aliphatic rings. The number of thiazole rings is 1. The number of rotatable bonds is 3. The number of hydrogen-bond donors (Lipinski definition) is 0. The van der Waals surface area contributed by atoms with Crippen LogP contribution in [0.4, 0.5) is 0 Å². The standard InChI is InChI=1S/C14H12N2OS/c1-10-15-7-13(18-10)8-16-5-4-12-3-2-11(9-17)6-14(12)16/h2-7,9H,8H2,1H3. The largest absolute Gasteiger partial charge is 0.342 e. The topological polar surface area (TPSA) is 34.9 Å². The average Bonchev–Trinajstić information content (AvgIpc) is 2.96. The SMILES string of the molecule is Cc1ncc(Cn2ccc3ccc(C=O)cc32)s1. The van der Waals surface area contributed by atoms with E-state index in [1.165, 1.54) is 4.88 Å². The molecule has 3 nitrogen and oxygen atoms in total. The van der Waals surface area contributed by atoms with Crippen molar-refractivity contribution in [1.82, 2.24) is 9.55 Å². The van der Waals surface area contributed by atoms with E-state index in [0.29, 0.717) is 5.56 Å². The quantitative estimate of drug-likeness (QED) is 0.674. The summed E-state index contributed by atoms with van der Waals surface area (Å²) in [6.45, 7) is 2.81. The van der Waals surface area contributed by atoms with Gasteiger partial charge in [0.15, 0.2) is 0 Å². The second-order valence-corrected chi connectivity index (χ2v) is 5.54. The van der Waals surface area contributed by atoms with Crippen LogP contribution >= 0.6 is 11.3 Å². The minimum Gasteiger partial charge on any atom is -0.342 e. The van der Waals surface area contributed by atoms with Crippen LogP contribution in [0.5, 0.6) is 0 Å². The van der Waals surface area contributed by atoms with Gasteiger partial charge in [-0.3, -0.25) is 4.79 Å². The summed E-state index contributed by atoms with van der Waals surface area (Å²) in [5.74, 6) is 0. The number of aromatic nitrogens is 2. The zero-order valence-corrected chi connectivity index (χ0v) is 10.8. The van der Waals surface area contributed by atoms with Crippen molar-refractivity contribution in [3.8, 4) is 0 Å². The fourth-order valence-electron chi connectivity index (χ4n) is 2.06. The van der Waals surface area contributed by atoms with Crippen LogP contribution in [0, 0.1) is 6.92 Å². The van der Waals surface area contributed by atoms with E-state index >= 15 is 0 Å². The molecule has 3 aromatic rings. The van der Waals surface area contributed by atoms with Gasteiger partial charge in [0.05, 0.1) is 11.6 Å². The smallest absolute Gasteiger partial charge is 0.150 e. The van der Waals surface area contributed by atoms with Gasteiger partial charge in [0.25, 0.3) is 0 Å². The van der Waals surface area contributed by atoms with Crippen LogP contribution in [0.2, 0.25) is 0 Å². The molecule has 0 unspecified atom stereocenters. The second kappa shape index (κ2) is 4.38. The lowest BCUT2D eigenvalue weighted by atomic mass is 10.2. The maximum atomic E-state index is 10.8. The monoisotopic (exact) mass is 256 g/mol. The van der Waals surface area contributed by atoms with Gasteiger partial charge in [-0.25, -0.2) is 4.98 Å². The van der Waals surface area contributed by atoms with Gasteiger partial charge in [-0.1, -0.05) is 12.1 Å². The third kappa shape index (κ3) is 1.95. The van der Waals surface area contributed by atoms with E-state index in [9.17, 15) is 4.79 Å². The Kier molecular flexibility index (Phi) is 2.72. The Morgan fingerprint density at radius 3 is 3.00 bits per heavy atom. The first kappa shape index (κ1) is 11.2. The molecule has 4 heteroatoms. The molecular weight excluding hydrogens is 244 g/mol. The van der Waals surface area contributed by atoms with Crippen molar-refractivity contribution in [2.75, 3.05) is 0 Å². The van der Waals surface area contributed by atoms with Gasteiger partial charge in [-0.15, -0.1) is 11.3 Å². The van der Waals surface area contributed by atoms with Gasteiger partial charge in [-0.2, -0.15) is 0 Å². The summed E-state index contributed by atoms with van der Waals surface area (Å²) in [7, 11) is 0. The number of carbonyl (C=O) groups excluding carboxylic acids is 1. The van der Waals surface area contributed by atoms with E-state index in [4.69, 9.17) is 0 Å². The highest BCUT2D eigenvalue weighted by molar-refractivity contribution is 7.11. The van der Waals surface area contributed by atoms with Crippen molar-refractivity contribution in [2.24, 2.45) is 0 Å². The zero-order valence-electron chi connectivity index (χ0n) is 9.96. The summed E-state index contributed by atoms with van der Waals surface area (Å²) < 4.78 is 2.15. The molecule has 90 valence electrons. The molecule has 0 amide bonds.